The van der Waals surface area contributed by atoms with E-state index in [-0.39, 0.29) is 0 Å². The molecule has 0 fully saturated rings. The molecule has 0 radical (unpaired) electrons. The van der Waals surface area contributed by atoms with Crippen molar-refractivity contribution in [2.24, 2.45) is 0 Å². The molecular weight excluding hydrogens is 120 g/mol. The molecule has 0 N–H and O–H groups in total. The minimum Gasteiger partial charge on any atom is -0.0885 e. The zero-order chi connectivity index (χ0) is 7.23. The van der Waals surface area contributed by atoms with Crippen LogP contribution in [0.15, 0.2) is 23.8 Å². The highest BCUT2D eigenvalue weighted by Gasteiger charge is 2.00. The Labute approximate surface area is 63.6 Å². The Balaban J connectivity index is 2.18. The normalized spacial score (nSPS) is 18.3. The lowest BCUT2D eigenvalue weighted by molar-refractivity contribution is 0.892. The van der Waals surface area contributed by atoms with Crippen LogP contribution in [0.1, 0.15) is 39.0 Å². The van der Waals surface area contributed by atoms with E-state index in [0.717, 1.165) is 0 Å². The summed E-state index contributed by atoms with van der Waals surface area (Å²) in [5.74, 6) is 0. The SMILES string of the molecule is CC/C=C/CC1=CCCC1. The van der Waals surface area contributed by atoms with Gasteiger partial charge in [0.2, 0.25) is 0 Å². The maximum Gasteiger partial charge on any atom is -0.0139 e. The van der Waals surface area contributed by atoms with Crippen LogP contribution >= 0.6 is 0 Å². The van der Waals surface area contributed by atoms with Crippen molar-refractivity contribution in [1.82, 2.24) is 0 Å². The molecule has 0 saturated carbocycles. The molecule has 0 aromatic carbocycles. The van der Waals surface area contributed by atoms with E-state index in [4.69, 9.17) is 0 Å². The molecule has 0 aliphatic heterocycles. The minimum atomic E-state index is 1.17. The number of hydrogen-bond donors (Lipinski definition) is 0. The Morgan fingerprint density at radius 3 is 3.00 bits per heavy atom. The molecule has 0 unspecified atom stereocenters. The first kappa shape index (κ1) is 7.59. The fraction of sp³-hybridized carbons (Fsp3) is 0.600. The van der Waals surface area contributed by atoms with Gasteiger partial charge in [-0.15, -0.1) is 0 Å². The highest BCUT2D eigenvalue weighted by molar-refractivity contribution is 5.11. The largest absolute Gasteiger partial charge is 0.0885 e. The summed E-state index contributed by atoms with van der Waals surface area (Å²) >= 11 is 0. The third kappa shape index (κ3) is 2.38. The first-order valence-corrected chi connectivity index (χ1v) is 4.26. The summed E-state index contributed by atoms with van der Waals surface area (Å²) < 4.78 is 0. The van der Waals surface area contributed by atoms with Crippen molar-refractivity contribution in [2.45, 2.75) is 39.0 Å². The molecule has 0 heteroatoms. The summed E-state index contributed by atoms with van der Waals surface area (Å²) in [6.07, 6.45) is 13.3. The van der Waals surface area contributed by atoms with Crippen LogP contribution in [0.5, 0.6) is 0 Å². The first-order chi connectivity index (χ1) is 4.93. The molecular formula is C10H16. The van der Waals surface area contributed by atoms with Gasteiger partial charge in [-0.2, -0.15) is 0 Å². The Bertz CT molecular complexity index is 140. The van der Waals surface area contributed by atoms with Gasteiger partial charge in [-0.1, -0.05) is 30.7 Å². The highest BCUT2D eigenvalue weighted by Crippen LogP contribution is 2.20. The van der Waals surface area contributed by atoms with Crippen LogP contribution in [0.3, 0.4) is 0 Å². The summed E-state index contributed by atoms with van der Waals surface area (Å²) in [4.78, 5) is 0. The zero-order valence-electron chi connectivity index (χ0n) is 6.77. The van der Waals surface area contributed by atoms with Gasteiger partial charge in [-0.05, 0) is 32.1 Å². The van der Waals surface area contributed by atoms with Crippen molar-refractivity contribution in [2.75, 3.05) is 0 Å². The van der Waals surface area contributed by atoms with E-state index in [1.807, 2.05) is 0 Å². The molecule has 56 valence electrons. The van der Waals surface area contributed by atoms with Gasteiger partial charge in [-0.25, -0.2) is 0 Å². The second kappa shape index (κ2) is 4.32. The Morgan fingerprint density at radius 2 is 2.40 bits per heavy atom. The van der Waals surface area contributed by atoms with Gasteiger partial charge in [-0.3, -0.25) is 0 Å². The third-order valence-electron chi connectivity index (χ3n) is 1.92. The van der Waals surface area contributed by atoms with Crippen LogP contribution in [0.25, 0.3) is 0 Å². The topological polar surface area (TPSA) is 0 Å². The zero-order valence-corrected chi connectivity index (χ0v) is 6.77. The summed E-state index contributed by atoms with van der Waals surface area (Å²) in [6, 6.07) is 0. The van der Waals surface area contributed by atoms with E-state index >= 15 is 0 Å². The van der Waals surface area contributed by atoms with E-state index < -0.39 is 0 Å². The molecule has 10 heavy (non-hydrogen) atoms. The van der Waals surface area contributed by atoms with Crippen LogP contribution in [0.2, 0.25) is 0 Å². The van der Waals surface area contributed by atoms with Gasteiger partial charge in [0.25, 0.3) is 0 Å². The second-order valence-electron chi connectivity index (χ2n) is 2.84. The van der Waals surface area contributed by atoms with E-state index in [1.54, 1.807) is 5.57 Å². The summed E-state index contributed by atoms with van der Waals surface area (Å²) in [5.41, 5.74) is 1.64. The van der Waals surface area contributed by atoms with Crippen molar-refractivity contribution < 1.29 is 0 Å². The highest BCUT2D eigenvalue weighted by atomic mass is 14.1. The molecule has 0 heterocycles. The molecule has 0 atom stereocenters. The maximum atomic E-state index is 2.39. The molecule has 0 amide bonds. The van der Waals surface area contributed by atoms with Crippen LogP contribution in [-0.2, 0) is 0 Å². The lowest BCUT2D eigenvalue weighted by Crippen LogP contribution is -1.72. The van der Waals surface area contributed by atoms with E-state index in [9.17, 15) is 0 Å². The standard InChI is InChI=1S/C10H16/c1-2-3-4-7-10-8-5-6-9-10/h3-4,8H,2,5-7,9H2,1H3/b4-3+. The van der Waals surface area contributed by atoms with Crippen LogP contribution in [0, 0.1) is 0 Å². The van der Waals surface area contributed by atoms with Crippen LogP contribution < -0.4 is 0 Å². The number of rotatable bonds is 3. The van der Waals surface area contributed by atoms with Gasteiger partial charge in [0.15, 0.2) is 0 Å². The van der Waals surface area contributed by atoms with E-state index in [0.29, 0.717) is 0 Å². The Morgan fingerprint density at radius 1 is 1.50 bits per heavy atom. The molecule has 1 aliphatic carbocycles. The lowest BCUT2D eigenvalue weighted by atomic mass is 10.1. The third-order valence-corrected chi connectivity index (χ3v) is 1.92. The van der Waals surface area contributed by atoms with Crippen molar-refractivity contribution in [1.29, 1.82) is 0 Å². The molecule has 0 nitrogen and oxygen atoms in total. The summed E-state index contributed by atoms with van der Waals surface area (Å²) in [6.45, 7) is 2.18. The molecule has 0 bridgehead atoms. The first-order valence-electron chi connectivity index (χ1n) is 4.26. The number of hydrogen-bond acceptors (Lipinski definition) is 0. The predicted molar refractivity (Wildman–Crippen MR) is 46.0 cm³/mol. The van der Waals surface area contributed by atoms with E-state index in [2.05, 4.69) is 25.2 Å². The average molecular weight is 136 g/mol. The average Bonchev–Trinajstić information content (AvgIpc) is 2.41. The molecule has 1 rings (SSSR count). The predicted octanol–water partition coefficient (Wildman–Crippen LogP) is 3.45. The van der Waals surface area contributed by atoms with Gasteiger partial charge in [0.1, 0.15) is 0 Å². The summed E-state index contributed by atoms with van der Waals surface area (Å²) in [5, 5.41) is 0. The monoisotopic (exact) mass is 136 g/mol. The van der Waals surface area contributed by atoms with Crippen LogP contribution in [0.4, 0.5) is 0 Å². The lowest BCUT2D eigenvalue weighted by Gasteiger charge is -1.92. The maximum absolute atomic E-state index is 2.39. The molecule has 0 aromatic rings. The fourth-order valence-corrected chi connectivity index (χ4v) is 1.32. The van der Waals surface area contributed by atoms with Crippen LogP contribution in [-0.4, -0.2) is 0 Å². The Kier molecular flexibility index (Phi) is 3.28. The van der Waals surface area contributed by atoms with Crippen molar-refractivity contribution in [3.63, 3.8) is 0 Å². The van der Waals surface area contributed by atoms with Crippen molar-refractivity contribution in [3.05, 3.63) is 23.8 Å². The molecule has 1 aliphatic rings. The molecule has 0 aromatic heterocycles. The van der Waals surface area contributed by atoms with Gasteiger partial charge in [0.05, 0.1) is 0 Å². The second-order valence-corrected chi connectivity index (χ2v) is 2.84. The van der Waals surface area contributed by atoms with Crippen molar-refractivity contribution >= 4 is 0 Å². The van der Waals surface area contributed by atoms with Crippen molar-refractivity contribution in [3.8, 4) is 0 Å². The minimum absolute atomic E-state index is 1.17. The van der Waals surface area contributed by atoms with Gasteiger partial charge < -0.3 is 0 Å². The Hall–Kier alpha value is -0.520. The molecule has 0 spiro atoms. The molecule has 0 saturated heterocycles. The van der Waals surface area contributed by atoms with Gasteiger partial charge in [0, 0.05) is 0 Å². The quantitative estimate of drug-likeness (QED) is 0.521. The summed E-state index contributed by atoms with van der Waals surface area (Å²) in [7, 11) is 0. The van der Waals surface area contributed by atoms with Gasteiger partial charge >= 0.3 is 0 Å². The number of allylic oxidation sites excluding steroid dienone is 4. The smallest absolute Gasteiger partial charge is 0.0139 e. The van der Waals surface area contributed by atoms with E-state index in [1.165, 1.54) is 32.1 Å². The fourth-order valence-electron chi connectivity index (χ4n) is 1.32.